The molecule has 0 aliphatic carbocycles. The Morgan fingerprint density at radius 1 is 1.25 bits per heavy atom. The molecule has 0 bridgehead atoms. The normalized spacial score (nSPS) is 11.6. The molecule has 0 aliphatic rings. The van der Waals surface area contributed by atoms with Gasteiger partial charge in [-0.2, -0.15) is 0 Å². The lowest BCUT2D eigenvalue weighted by molar-refractivity contribution is 0.404. The summed E-state index contributed by atoms with van der Waals surface area (Å²) in [4.78, 5) is 0.613. The van der Waals surface area contributed by atoms with E-state index in [1.54, 1.807) is 24.3 Å². The van der Waals surface area contributed by atoms with Crippen LogP contribution in [0.2, 0.25) is 0 Å². The van der Waals surface area contributed by atoms with Crippen molar-refractivity contribution in [2.75, 3.05) is 0 Å². The van der Waals surface area contributed by atoms with Crippen LogP contribution in [0, 0.1) is 0 Å². The zero-order valence-corrected chi connectivity index (χ0v) is 9.66. The Morgan fingerprint density at radius 2 is 2.00 bits per heavy atom. The first-order chi connectivity index (χ1) is 7.57. The first-order valence-corrected chi connectivity index (χ1v) is 6.64. The molecule has 16 heavy (non-hydrogen) atoms. The number of nitrogens with two attached hydrogens (primary N) is 1. The second-order valence-corrected chi connectivity index (χ2v) is 5.52. The smallest absolute Gasteiger partial charge is 0.239 e. The Balaban J connectivity index is 2.42. The van der Waals surface area contributed by atoms with Crippen LogP contribution < -0.4 is 5.14 Å². The van der Waals surface area contributed by atoms with Crippen molar-refractivity contribution in [3.8, 4) is 0 Å². The summed E-state index contributed by atoms with van der Waals surface area (Å²) >= 11 is 1.18. The Kier molecular flexibility index (Phi) is 2.99. The van der Waals surface area contributed by atoms with E-state index in [9.17, 15) is 8.42 Å². The monoisotopic (exact) mass is 256 g/mol. The molecule has 1 aromatic heterocycles. The molecule has 0 saturated carbocycles. The highest BCUT2D eigenvalue weighted by Crippen LogP contribution is 2.30. The minimum atomic E-state index is -3.72. The maximum atomic E-state index is 11.3. The number of hydrogen-bond donors (Lipinski definition) is 1. The molecular weight excluding hydrogens is 248 g/mol. The second kappa shape index (κ2) is 4.28. The van der Waals surface area contributed by atoms with Gasteiger partial charge in [0.05, 0.1) is 4.90 Å². The largest absolute Gasteiger partial charge is 0.364 e. The predicted molar refractivity (Wildman–Crippen MR) is 58.4 cm³/mol. The molecule has 0 aliphatic heterocycles. The van der Waals surface area contributed by atoms with Crippen LogP contribution in [0.15, 0.2) is 55.9 Å². The lowest BCUT2D eigenvalue weighted by atomic mass is 10.4. The number of hydrogen-bond acceptors (Lipinski definition) is 5. The van der Waals surface area contributed by atoms with Crippen LogP contribution in [-0.4, -0.2) is 13.6 Å². The van der Waals surface area contributed by atoms with Gasteiger partial charge in [0.15, 0.2) is 0 Å². The number of aromatic nitrogens is 1. The highest BCUT2D eigenvalue weighted by molar-refractivity contribution is 8.00. The summed E-state index contributed by atoms with van der Waals surface area (Å²) in [6.07, 6.45) is 1.42. The summed E-state index contributed by atoms with van der Waals surface area (Å²) in [6.45, 7) is 0. The van der Waals surface area contributed by atoms with E-state index in [4.69, 9.17) is 5.14 Å². The van der Waals surface area contributed by atoms with E-state index < -0.39 is 10.0 Å². The van der Waals surface area contributed by atoms with Crippen LogP contribution in [0.25, 0.3) is 0 Å². The molecular formula is C9H8N2O3S2. The average Bonchev–Trinajstić information content (AvgIpc) is 2.70. The van der Waals surface area contributed by atoms with Crippen LogP contribution in [0.5, 0.6) is 0 Å². The minimum Gasteiger partial charge on any atom is -0.364 e. The molecule has 0 saturated heterocycles. The summed E-state index contributed by atoms with van der Waals surface area (Å²) in [5, 5.41) is 9.37. The van der Waals surface area contributed by atoms with E-state index in [-0.39, 0.29) is 4.90 Å². The van der Waals surface area contributed by atoms with Gasteiger partial charge in [0, 0.05) is 11.0 Å². The fraction of sp³-hybridized carbons (Fsp3) is 0. The molecule has 2 aromatic rings. The Bertz CT molecular complexity index is 579. The fourth-order valence-electron chi connectivity index (χ4n) is 1.14. The van der Waals surface area contributed by atoms with E-state index in [2.05, 4.69) is 9.68 Å². The minimum absolute atomic E-state index is 0.0861. The number of nitrogens with zero attached hydrogens (tertiary/aromatic N) is 1. The quantitative estimate of drug-likeness (QED) is 0.898. The Labute approximate surface area is 96.7 Å². The molecule has 1 aromatic carbocycles. The highest BCUT2D eigenvalue weighted by atomic mass is 32.2. The van der Waals surface area contributed by atoms with Crippen LogP contribution in [-0.2, 0) is 10.0 Å². The third-order valence-corrected chi connectivity index (χ3v) is 3.88. The molecule has 0 fully saturated rings. The zero-order chi connectivity index (χ0) is 11.6. The molecule has 7 heteroatoms. The molecule has 0 spiro atoms. The SMILES string of the molecule is NS(=O)(=O)c1ccccc1Sc1ccon1. The van der Waals surface area contributed by atoms with Gasteiger partial charge in [-0.15, -0.1) is 0 Å². The molecule has 0 unspecified atom stereocenters. The highest BCUT2D eigenvalue weighted by Gasteiger charge is 2.14. The number of benzene rings is 1. The van der Waals surface area contributed by atoms with Crippen LogP contribution in [0.1, 0.15) is 0 Å². The third kappa shape index (κ3) is 2.43. The van der Waals surface area contributed by atoms with Crippen molar-refractivity contribution in [3.63, 3.8) is 0 Å². The first-order valence-electron chi connectivity index (χ1n) is 4.27. The van der Waals surface area contributed by atoms with Gasteiger partial charge in [-0.3, -0.25) is 0 Å². The summed E-state index contributed by atoms with van der Waals surface area (Å²) in [5.41, 5.74) is 0. The Morgan fingerprint density at radius 3 is 2.62 bits per heavy atom. The molecule has 2 N–H and O–H groups in total. The first kappa shape index (κ1) is 11.2. The zero-order valence-electron chi connectivity index (χ0n) is 8.03. The molecule has 5 nitrogen and oxygen atoms in total. The summed E-state index contributed by atoms with van der Waals surface area (Å²) in [7, 11) is -3.72. The molecule has 2 rings (SSSR count). The number of primary sulfonamides is 1. The lowest BCUT2D eigenvalue weighted by Gasteiger charge is -2.04. The standard InChI is InChI=1S/C9H8N2O3S2/c10-16(12,13)8-4-2-1-3-7(8)15-9-5-6-14-11-9/h1-6H,(H2,10,12,13). The Hall–Kier alpha value is -1.31. The van der Waals surface area contributed by atoms with E-state index in [0.29, 0.717) is 9.92 Å². The van der Waals surface area contributed by atoms with Gasteiger partial charge >= 0.3 is 0 Å². The average molecular weight is 256 g/mol. The van der Waals surface area contributed by atoms with Crippen molar-refractivity contribution in [2.45, 2.75) is 14.8 Å². The van der Waals surface area contributed by atoms with Gasteiger partial charge in [0.25, 0.3) is 0 Å². The van der Waals surface area contributed by atoms with E-state index in [0.717, 1.165) is 0 Å². The topological polar surface area (TPSA) is 86.2 Å². The van der Waals surface area contributed by atoms with Crippen LogP contribution in [0.3, 0.4) is 0 Å². The molecule has 1 heterocycles. The molecule has 84 valence electrons. The van der Waals surface area contributed by atoms with Crippen molar-refractivity contribution in [1.82, 2.24) is 5.16 Å². The van der Waals surface area contributed by atoms with Gasteiger partial charge < -0.3 is 4.52 Å². The van der Waals surface area contributed by atoms with Gasteiger partial charge in [0.2, 0.25) is 10.0 Å². The second-order valence-electron chi connectivity index (χ2n) is 2.93. The van der Waals surface area contributed by atoms with Gasteiger partial charge in [-0.1, -0.05) is 29.1 Å². The maximum absolute atomic E-state index is 11.3. The third-order valence-electron chi connectivity index (χ3n) is 1.78. The number of rotatable bonds is 3. The van der Waals surface area contributed by atoms with Gasteiger partial charge in [-0.25, -0.2) is 13.6 Å². The van der Waals surface area contributed by atoms with Crippen LogP contribution >= 0.6 is 11.8 Å². The number of sulfonamides is 1. The van der Waals surface area contributed by atoms with Crippen molar-refractivity contribution in [2.24, 2.45) is 5.14 Å². The summed E-state index contributed by atoms with van der Waals surface area (Å²) in [6, 6.07) is 8.12. The van der Waals surface area contributed by atoms with E-state index in [1.165, 1.54) is 24.1 Å². The predicted octanol–water partition coefficient (Wildman–Crippen LogP) is 1.47. The summed E-state index contributed by atoms with van der Waals surface area (Å²) < 4.78 is 27.3. The van der Waals surface area contributed by atoms with Crippen molar-refractivity contribution in [1.29, 1.82) is 0 Å². The fourth-order valence-corrected chi connectivity index (χ4v) is 2.97. The van der Waals surface area contributed by atoms with Gasteiger partial charge in [-0.05, 0) is 12.1 Å². The van der Waals surface area contributed by atoms with E-state index >= 15 is 0 Å². The van der Waals surface area contributed by atoms with Crippen LogP contribution in [0.4, 0.5) is 0 Å². The summed E-state index contributed by atoms with van der Waals surface area (Å²) in [5.74, 6) is 0. The molecule has 0 amide bonds. The molecule has 0 radical (unpaired) electrons. The maximum Gasteiger partial charge on any atom is 0.239 e. The van der Waals surface area contributed by atoms with Crippen molar-refractivity contribution >= 4 is 21.8 Å². The van der Waals surface area contributed by atoms with Crippen molar-refractivity contribution in [3.05, 3.63) is 36.6 Å². The lowest BCUT2D eigenvalue weighted by Crippen LogP contribution is -2.13. The van der Waals surface area contributed by atoms with Crippen molar-refractivity contribution < 1.29 is 12.9 Å². The molecule has 0 atom stereocenters. The van der Waals surface area contributed by atoms with E-state index in [1.807, 2.05) is 0 Å². The van der Waals surface area contributed by atoms with Gasteiger partial charge in [0.1, 0.15) is 11.3 Å².